The standard InChI is InChI=1S/C9H13NO2S/c1-2-7-13(11,12)9-5-3-8(10)4-6-9/h2-3,5H,1,4,6-7,10H2. The maximum absolute atomic E-state index is 11.5. The molecule has 0 radical (unpaired) electrons. The average molecular weight is 199 g/mol. The fraction of sp³-hybridized carbons (Fsp3) is 0.333. The Labute approximate surface area is 78.5 Å². The predicted octanol–water partition coefficient (Wildman–Crippen LogP) is 1.11. The molecule has 1 rings (SSSR count). The molecule has 0 heterocycles. The molecule has 0 aromatic carbocycles. The van der Waals surface area contributed by atoms with Gasteiger partial charge in [0.2, 0.25) is 0 Å². The van der Waals surface area contributed by atoms with E-state index < -0.39 is 9.84 Å². The van der Waals surface area contributed by atoms with Crippen LogP contribution < -0.4 is 5.73 Å². The number of hydrogen-bond acceptors (Lipinski definition) is 3. The second-order valence-electron chi connectivity index (χ2n) is 2.94. The highest BCUT2D eigenvalue weighted by Gasteiger charge is 2.17. The molecule has 0 amide bonds. The van der Waals surface area contributed by atoms with Crippen molar-refractivity contribution in [3.8, 4) is 0 Å². The third-order valence-electron chi connectivity index (χ3n) is 1.88. The third kappa shape index (κ3) is 2.45. The van der Waals surface area contributed by atoms with Gasteiger partial charge in [0, 0.05) is 10.6 Å². The second kappa shape index (κ2) is 3.79. The van der Waals surface area contributed by atoms with Crippen LogP contribution in [0.2, 0.25) is 0 Å². The number of rotatable bonds is 3. The molecule has 0 aromatic heterocycles. The van der Waals surface area contributed by atoms with E-state index in [1.54, 1.807) is 12.2 Å². The third-order valence-corrected chi connectivity index (χ3v) is 3.69. The topological polar surface area (TPSA) is 60.2 Å². The minimum absolute atomic E-state index is 0.00653. The van der Waals surface area contributed by atoms with Gasteiger partial charge in [0.05, 0.1) is 5.75 Å². The summed E-state index contributed by atoms with van der Waals surface area (Å²) in [7, 11) is -3.11. The zero-order valence-corrected chi connectivity index (χ0v) is 8.18. The van der Waals surface area contributed by atoms with Crippen LogP contribution in [-0.2, 0) is 9.84 Å². The van der Waals surface area contributed by atoms with Gasteiger partial charge in [-0.05, 0) is 25.0 Å². The Morgan fingerprint density at radius 1 is 1.46 bits per heavy atom. The van der Waals surface area contributed by atoms with E-state index >= 15 is 0 Å². The van der Waals surface area contributed by atoms with Crippen molar-refractivity contribution in [2.45, 2.75) is 12.8 Å². The molecular weight excluding hydrogens is 186 g/mol. The number of allylic oxidation sites excluding steroid dienone is 4. The van der Waals surface area contributed by atoms with Gasteiger partial charge in [-0.25, -0.2) is 8.42 Å². The van der Waals surface area contributed by atoms with Crippen LogP contribution in [0, 0.1) is 0 Å². The Morgan fingerprint density at radius 2 is 2.15 bits per heavy atom. The van der Waals surface area contributed by atoms with Crippen molar-refractivity contribution in [3.63, 3.8) is 0 Å². The Kier molecular flexibility index (Phi) is 2.93. The second-order valence-corrected chi connectivity index (χ2v) is 5.03. The van der Waals surface area contributed by atoms with Crippen molar-refractivity contribution in [2.24, 2.45) is 5.73 Å². The monoisotopic (exact) mass is 199 g/mol. The molecule has 0 bridgehead atoms. The van der Waals surface area contributed by atoms with Gasteiger partial charge in [0.25, 0.3) is 0 Å². The fourth-order valence-electron chi connectivity index (χ4n) is 1.16. The van der Waals surface area contributed by atoms with Crippen LogP contribution in [0.25, 0.3) is 0 Å². The van der Waals surface area contributed by atoms with Crippen LogP contribution in [0.1, 0.15) is 12.8 Å². The maximum atomic E-state index is 11.5. The Hall–Kier alpha value is -1.03. The van der Waals surface area contributed by atoms with Crippen molar-refractivity contribution in [1.29, 1.82) is 0 Å². The predicted molar refractivity (Wildman–Crippen MR) is 53.6 cm³/mol. The summed E-state index contributed by atoms with van der Waals surface area (Å²) in [6.45, 7) is 3.41. The quantitative estimate of drug-likeness (QED) is 0.692. The molecule has 0 saturated heterocycles. The van der Waals surface area contributed by atoms with Gasteiger partial charge in [-0.1, -0.05) is 6.08 Å². The molecule has 0 fully saturated rings. The zero-order valence-electron chi connectivity index (χ0n) is 7.36. The largest absolute Gasteiger partial charge is 0.402 e. The van der Waals surface area contributed by atoms with Crippen LogP contribution in [0.3, 0.4) is 0 Å². The highest BCUT2D eigenvalue weighted by Crippen LogP contribution is 2.20. The maximum Gasteiger partial charge on any atom is 0.178 e. The van der Waals surface area contributed by atoms with Crippen molar-refractivity contribution in [2.75, 3.05) is 5.75 Å². The van der Waals surface area contributed by atoms with E-state index in [1.165, 1.54) is 6.08 Å². The van der Waals surface area contributed by atoms with Crippen LogP contribution in [0.15, 0.2) is 35.4 Å². The lowest BCUT2D eigenvalue weighted by Gasteiger charge is -2.11. The smallest absolute Gasteiger partial charge is 0.178 e. The van der Waals surface area contributed by atoms with E-state index in [9.17, 15) is 8.42 Å². The number of hydrogen-bond donors (Lipinski definition) is 1. The highest BCUT2D eigenvalue weighted by molar-refractivity contribution is 7.95. The molecule has 4 heteroatoms. The minimum Gasteiger partial charge on any atom is -0.402 e. The van der Waals surface area contributed by atoms with Crippen molar-refractivity contribution in [1.82, 2.24) is 0 Å². The van der Waals surface area contributed by atoms with E-state index in [0.29, 0.717) is 17.7 Å². The summed E-state index contributed by atoms with van der Waals surface area (Å²) in [5.74, 6) is 0.00653. The molecule has 2 N–H and O–H groups in total. The van der Waals surface area contributed by atoms with E-state index in [-0.39, 0.29) is 5.75 Å². The molecule has 0 aromatic rings. The SMILES string of the molecule is C=CCS(=O)(=O)C1=CC=C(N)CC1. The van der Waals surface area contributed by atoms with E-state index in [2.05, 4.69) is 6.58 Å². The molecule has 1 aliphatic carbocycles. The molecular formula is C9H13NO2S. The van der Waals surface area contributed by atoms with Gasteiger partial charge >= 0.3 is 0 Å². The first kappa shape index (κ1) is 10.1. The van der Waals surface area contributed by atoms with Crippen molar-refractivity contribution >= 4 is 9.84 Å². The summed E-state index contributed by atoms with van der Waals surface area (Å²) in [6, 6.07) is 0. The Morgan fingerprint density at radius 3 is 2.62 bits per heavy atom. The summed E-state index contributed by atoms with van der Waals surface area (Å²) < 4.78 is 23.0. The molecule has 13 heavy (non-hydrogen) atoms. The van der Waals surface area contributed by atoms with Gasteiger partial charge in [-0.2, -0.15) is 0 Å². The molecule has 3 nitrogen and oxygen atoms in total. The lowest BCUT2D eigenvalue weighted by atomic mass is 10.1. The minimum atomic E-state index is -3.11. The van der Waals surface area contributed by atoms with E-state index in [4.69, 9.17) is 5.73 Å². The van der Waals surface area contributed by atoms with Crippen molar-refractivity contribution in [3.05, 3.63) is 35.4 Å². The van der Waals surface area contributed by atoms with Gasteiger partial charge in [-0.3, -0.25) is 0 Å². The average Bonchev–Trinajstić information content (AvgIpc) is 2.05. The van der Waals surface area contributed by atoms with Gasteiger partial charge < -0.3 is 5.73 Å². The lowest BCUT2D eigenvalue weighted by molar-refractivity contribution is 0.602. The summed E-state index contributed by atoms with van der Waals surface area (Å²) in [6.07, 6.45) is 5.77. The normalized spacial score (nSPS) is 17.5. The van der Waals surface area contributed by atoms with Gasteiger partial charge in [0.15, 0.2) is 9.84 Å². The zero-order chi connectivity index (χ0) is 9.90. The molecule has 0 saturated carbocycles. The van der Waals surface area contributed by atoms with E-state index in [0.717, 1.165) is 5.70 Å². The van der Waals surface area contributed by atoms with Crippen LogP contribution >= 0.6 is 0 Å². The molecule has 1 aliphatic rings. The van der Waals surface area contributed by atoms with Gasteiger partial charge in [-0.15, -0.1) is 6.58 Å². The first-order valence-electron chi connectivity index (χ1n) is 4.05. The van der Waals surface area contributed by atoms with Crippen LogP contribution in [0.4, 0.5) is 0 Å². The number of sulfone groups is 1. The molecule has 0 aliphatic heterocycles. The summed E-state index contributed by atoms with van der Waals surface area (Å²) in [4.78, 5) is 0.460. The Bertz CT molecular complexity index is 363. The Balaban J connectivity index is 2.91. The molecule has 0 spiro atoms. The van der Waals surface area contributed by atoms with Crippen LogP contribution in [0.5, 0.6) is 0 Å². The molecule has 72 valence electrons. The fourth-order valence-corrected chi connectivity index (χ4v) is 2.37. The van der Waals surface area contributed by atoms with Crippen molar-refractivity contribution < 1.29 is 8.42 Å². The molecule has 0 atom stereocenters. The summed E-state index contributed by atoms with van der Waals surface area (Å²) in [5, 5.41) is 0. The van der Waals surface area contributed by atoms with Crippen LogP contribution in [-0.4, -0.2) is 14.2 Å². The number of nitrogens with two attached hydrogens (primary N) is 1. The summed E-state index contributed by atoms with van der Waals surface area (Å²) in [5.41, 5.74) is 6.25. The summed E-state index contributed by atoms with van der Waals surface area (Å²) >= 11 is 0. The van der Waals surface area contributed by atoms with Gasteiger partial charge in [0.1, 0.15) is 0 Å². The lowest BCUT2D eigenvalue weighted by Crippen LogP contribution is -2.11. The molecule has 0 unspecified atom stereocenters. The highest BCUT2D eigenvalue weighted by atomic mass is 32.2. The first-order chi connectivity index (χ1) is 6.06. The van der Waals surface area contributed by atoms with E-state index in [1.807, 2.05) is 0 Å². The first-order valence-corrected chi connectivity index (χ1v) is 5.70.